The van der Waals surface area contributed by atoms with Crippen molar-refractivity contribution in [1.82, 2.24) is 9.19 Å². The number of benzene rings is 1. The van der Waals surface area contributed by atoms with E-state index < -0.39 is 10.0 Å². The first-order valence-electron chi connectivity index (χ1n) is 6.45. The first-order valence-corrected chi connectivity index (χ1v) is 7.89. The van der Waals surface area contributed by atoms with Gasteiger partial charge in [0.1, 0.15) is 0 Å². The molecule has 2 aromatic rings. The maximum Gasteiger partial charge on any atom is 0.283 e. The second-order valence-corrected chi connectivity index (χ2v) is 6.62. The Bertz CT molecular complexity index is 716. The van der Waals surface area contributed by atoms with Gasteiger partial charge in [-0.15, -0.1) is 0 Å². The Balaban J connectivity index is 2.55. The summed E-state index contributed by atoms with van der Waals surface area (Å²) in [7, 11) is -3.64. The number of nitrogens with zero attached hydrogens (tertiary/aromatic N) is 2. The number of nitrogens with two attached hydrogens (primary N) is 1. The van der Waals surface area contributed by atoms with Gasteiger partial charge >= 0.3 is 0 Å². The molecule has 0 aliphatic rings. The van der Waals surface area contributed by atoms with E-state index in [1.807, 2.05) is 6.92 Å². The quantitative estimate of drug-likeness (QED) is 0.927. The van der Waals surface area contributed by atoms with E-state index in [2.05, 4.69) is 5.10 Å². The molecule has 0 unspecified atom stereocenters. The average Bonchev–Trinajstić information content (AvgIpc) is 2.68. The van der Waals surface area contributed by atoms with E-state index in [0.717, 1.165) is 15.2 Å². The summed E-state index contributed by atoms with van der Waals surface area (Å²) in [5.41, 5.74) is 8.82. The van der Waals surface area contributed by atoms with Gasteiger partial charge in [-0.3, -0.25) is 0 Å². The van der Waals surface area contributed by atoms with E-state index >= 15 is 0 Å². The van der Waals surface area contributed by atoms with Crippen molar-refractivity contribution in [2.45, 2.75) is 32.1 Å². The van der Waals surface area contributed by atoms with E-state index in [4.69, 9.17) is 5.73 Å². The SMILES string of the molecule is Cc1ccc(S(=O)(=O)n2nc(C)c(CCN)c2C)cc1. The minimum absolute atomic E-state index is 0.244. The molecule has 0 saturated heterocycles. The first-order chi connectivity index (χ1) is 9.37. The lowest BCUT2D eigenvalue weighted by atomic mass is 10.1. The maximum atomic E-state index is 12.6. The van der Waals surface area contributed by atoms with Crippen LogP contribution in [0.2, 0.25) is 0 Å². The third-order valence-electron chi connectivity index (χ3n) is 3.34. The van der Waals surface area contributed by atoms with Gasteiger partial charge in [0, 0.05) is 0 Å². The predicted molar refractivity (Wildman–Crippen MR) is 78.2 cm³/mol. The number of hydrogen-bond donors (Lipinski definition) is 1. The normalized spacial score (nSPS) is 11.8. The van der Waals surface area contributed by atoms with E-state index in [9.17, 15) is 8.42 Å². The molecule has 1 aromatic heterocycles. The van der Waals surface area contributed by atoms with Gasteiger partial charge in [0.05, 0.1) is 16.3 Å². The number of aromatic nitrogens is 2. The summed E-state index contributed by atoms with van der Waals surface area (Å²) >= 11 is 0. The van der Waals surface area contributed by atoms with Crippen LogP contribution in [0.25, 0.3) is 0 Å². The van der Waals surface area contributed by atoms with Crippen molar-refractivity contribution in [3.8, 4) is 0 Å². The summed E-state index contributed by atoms with van der Waals surface area (Å²) in [6.07, 6.45) is 0.626. The Morgan fingerprint density at radius 2 is 1.75 bits per heavy atom. The smallest absolute Gasteiger partial charge is 0.283 e. The van der Waals surface area contributed by atoms with Crippen molar-refractivity contribution in [3.05, 3.63) is 46.8 Å². The molecule has 2 rings (SSSR count). The van der Waals surface area contributed by atoms with Crippen LogP contribution in [0.5, 0.6) is 0 Å². The zero-order chi connectivity index (χ0) is 14.9. The third kappa shape index (κ3) is 2.48. The molecule has 1 heterocycles. The van der Waals surface area contributed by atoms with Crippen molar-refractivity contribution in [2.75, 3.05) is 6.54 Å². The molecular formula is C14H19N3O2S. The molecule has 0 atom stereocenters. The van der Waals surface area contributed by atoms with Gasteiger partial charge in [0.15, 0.2) is 0 Å². The molecule has 20 heavy (non-hydrogen) atoms. The van der Waals surface area contributed by atoms with Gasteiger partial charge in [0.25, 0.3) is 10.0 Å². The molecule has 2 N–H and O–H groups in total. The summed E-state index contributed by atoms with van der Waals surface area (Å²) in [5, 5.41) is 4.17. The Kier molecular flexibility index (Phi) is 3.96. The largest absolute Gasteiger partial charge is 0.330 e. The number of hydrogen-bond acceptors (Lipinski definition) is 4. The molecule has 5 nitrogen and oxygen atoms in total. The van der Waals surface area contributed by atoms with Crippen molar-refractivity contribution < 1.29 is 8.42 Å². The average molecular weight is 293 g/mol. The monoisotopic (exact) mass is 293 g/mol. The van der Waals surface area contributed by atoms with Crippen molar-refractivity contribution in [2.24, 2.45) is 5.73 Å². The second-order valence-electron chi connectivity index (χ2n) is 4.85. The van der Waals surface area contributed by atoms with Crippen LogP contribution in [-0.4, -0.2) is 24.1 Å². The minimum Gasteiger partial charge on any atom is -0.330 e. The highest BCUT2D eigenvalue weighted by atomic mass is 32.2. The molecule has 0 aliphatic heterocycles. The molecule has 0 fully saturated rings. The standard InChI is InChI=1S/C14H19N3O2S/c1-10-4-6-13(7-5-10)20(18,19)17-12(3)14(8-9-15)11(2)16-17/h4-7H,8-9,15H2,1-3H3. The molecule has 108 valence electrons. The molecule has 0 bridgehead atoms. The van der Waals surface area contributed by atoms with Crippen LogP contribution >= 0.6 is 0 Å². The Morgan fingerprint density at radius 1 is 1.15 bits per heavy atom. The van der Waals surface area contributed by atoms with Crippen LogP contribution in [-0.2, 0) is 16.4 Å². The zero-order valence-corrected chi connectivity index (χ0v) is 12.7. The van der Waals surface area contributed by atoms with Crippen LogP contribution in [0.15, 0.2) is 29.2 Å². The van der Waals surface area contributed by atoms with Gasteiger partial charge in [-0.1, -0.05) is 17.7 Å². The summed E-state index contributed by atoms with van der Waals surface area (Å²) in [6.45, 7) is 5.95. The van der Waals surface area contributed by atoms with Crippen molar-refractivity contribution in [3.63, 3.8) is 0 Å². The fourth-order valence-electron chi connectivity index (χ4n) is 2.20. The van der Waals surface area contributed by atoms with Crippen LogP contribution < -0.4 is 5.73 Å². The molecule has 0 amide bonds. The summed E-state index contributed by atoms with van der Waals surface area (Å²) in [5.74, 6) is 0. The molecule has 0 spiro atoms. The Labute approximate surface area is 119 Å². The Morgan fingerprint density at radius 3 is 2.30 bits per heavy atom. The van der Waals surface area contributed by atoms with E-state index in [-0.39, 0.29) is 4.90 Å². The summed E-state index contributed by atoms with van der Waals surface area (Å²) in [4.78, 5) is 0.244. The van der Waals surface area contributed by atoms with Gasteiger partial charge in [-0.05, 0) is 51.4 Å². The molecule has 0 radical (unpaired) electrons. The van der Waals surface area contributed by atoms with Crippen LogP contribution in [0.3, 0.4) is 0 Å². The van der Waals surface area contributed by atoms with Gasteiger partial charge < -0.3 is 5.73 Å². The van der Waals surface area contributed by atoms with Crippen molar-refractivity contribution in [1.29, 1.82) is 0 Å². The molecular weight excluding hydrogens is 274 g/mol. The van der Waals surface area contributed by atoms with Gasteiger partial charge in [0.2, 0.25) is 0 Å². The van der Waals surface area contributed by atoms with Crippen LogP contribution in [0.1, 0.15) is 22.5 Å². The second kappa shape index (κ2) is 5.38. The van der Waals surface area contributed by atoms with Gasteiger partial charge in [-0.2, -0.15) is 17.6 Å². The van der Waals surface area contributed by atoms with E-state index in [1.165, 1.54) is 0 Å². The van der Waals surface area contributed by atoms with Crippen molar-refractivity contribution >= 4 is 10.0 Å². The van der Waals surface area contributed by atoms with Gasteiger partial charge in [-0.25, -0.2) is 0 Å². The topological polar surface area (TPSA) is 78.0 Å². The number of aryl methyl sites for hydroxylation is 2. The van der Waals surface area contributed by atoms with E-state index in [1.54, 1.807) is 38.1 Å². The highest BCUT2D eigenvalue weighted by Crippen LogP contribution is 2.20. The molecule has 6 heteroatoms. The van der Waals surface area contributed by atoms with Crippen LogP contribution in [0, 0.1) is 20.8 Å². The number of rotatable bonds is 4. The van der Waals surface area contributed by atoms with Crippen LogP contribution in [0.4, 0.5) is 0 Å². The first kappa shape index (κ1) is 14.7. The fraction of sp³-hybridized carbons (Fsp3) is 0.357. The zero-order valence-electron chi connectivity index (χ0n) is 11.9. The maximum absolute atomic E-state index is 12.6. The molecule has 1 aromatic carbocycles. The lowest BCUT2D eigenvalue weighted by molar-refractivity contribution is 0.577. The third-order valence-corrected chi connectivity index (χ3v) is 5.02. The van der Waals surface area contributed by atoms with E-state index in [0.29, 0.717) is 24.4 Å². The fourth-order valence-corrected chi connectivity index (χ4v) is 3.58. The summed E-state index contributed by atoms with van der Waals surface area (Å²) in [6, 6.07) is 6.76. The lowest BCUT2D eigenvalue weighted by Gasteiger charge is -2.07. The predicted octanol–water partition coefficient (Wildman–Crippen LogP) is 1.55. The molecule has 0 saturated carbocycles. The highest BCUT2D eigenvalue weighted by Gasteiger charge is 2.23. The lowest BCUT2D eigenvalue weighted by Crippen LogP contribution is -2.16. The molecule has 0 aliphatic carbocycles. The highest BCUT2D eigenvalue weighted by molar-refractivity contribution is 7.89. The summed E-state index contributed by atoms with van der Waals surface area (Å²) < 4.78 is 26.3. The minimum atomic E-state index is -3.64. The Hall–Kier alpha value is -1.66.